The maximum Gasteiger partial charge on any atom is 0.259 e. The van der Waals surface area contributed by atoms with Crippen molar-refractivity contribution in [3.63, 3.8) is 0 Å². The third kappa shape index (κ3) is 5.58. The second-order valence-corrected chi connectivity index (χ2v) is 11.4. The highest BCUT2D eigenvalue weighted by molar-refractivity contribution is 7.84. The summed E-state index contributed by atoms with van der Waals surface area (Å²) in [5.74, 6) is 0.664. The lowest BCUT2D eigenvalue weighted by molar-refractivity contribution is 0.253. The number of likely N-dealkylation sites (tertiary alicyclic amines) is 1. The van der Waals surface area contributed by atoms with Gasteiger partial charge in [-0.15, -0.1) is 0 Å². The van der Waals surface area contributed by atoms with E-state index in [4.69, 9.17) is 0 Å². The van der Waals surface area contributed by atoms with Gasteiger partial charge in [0, 0.05) is 64.8 Å². The number of pyridine rings is 3. The molecule has 0 saturated carbocycles. The summed E-state index contributed by atoms with van der Waals surface area (Å²) in [6.45, 7) is 4.46. The van der Waals surface area contributed by atoms with E-state index in [0.29, 0.717) is 40.0 Å². The van der Waals surface area contributed by atoms with E-state index in [-0.39, 0.29) is 16.7 Å². The van der Waals surface area contributed by atoms with Gasteiger partial charge < -0.3 is 19.7 Å². The van der Waals surface area contributed by atoms with Crippen molar-refractivity contribution in [2.24, 2.45) is 0 Å². The molecule has 0 bridgehead atoms. The van der Waals surface area contributed by atoms with Crippen LogP contribution in [0.3, 0.4) is 0 Å². The lowest BCUT2D eigenvalue weighted by Gasteiger charge is -2.36. The number of nitrogens with zero attached hydrogens (tertiary/aromatic N) is 5. The zero-order valence-corrected chi connectivity index (χ0v) is 23.5. The molecule has 1 aromatic carbocycles. The van der Waals surface area contributed by atoms with Gasteiger partial charge in [-0.1, -0.05) is 0 Å². The average Bonchev–Trinajstić information content (AvgIpc) is 2.93. The quantitative estimate of drug-likeness (QED) is 0.361. The largest absolute Gasteiger partial charge is 0.370 e. The highest BCUT2D eigenvalue weighted by Crippen LogP contribution is 2.28. The van der Waals surface area contributed by atoms with Crippen molar-refractivity contribution in [1.29, 1.82) is 0 Å². The van der Waals surface area contributed by atoms with Crippen LogP contribution in [0.5, 0.6) is 0 Å². The first-order valence-electron chi connectivity index (χ1n) is 13.1. The van der Waals surface area contributed by atoms with Crippen LogP contribution in [0.25, 0.3) is 22.0 Å². The van der Waals surface area contributed by atoms with Gasteiger partial charge >= 0.3 is 0 Å². The number of halogens is 1. The maximum absolute atomic E-state index is 14.8. The average molecular weight is 549 g/mol. The molecule has 1 saturated heterocycles. The molecule has 0 radical (unpaired) electrons. The number of anilines is 3. The smallest absolute Gasteiger partial charge is 0.259 e. The van der Waals surface area contributed by atoms with Gasteiger partial charge in [-0.2, -0.15) is 0 Å². The van der Waals surface area contributed by atoms with Crippen molar-refractivity contribution < 1.29 is 8.60 Å². The summed E-state index contributed by atoms with van der Waals surface area (Å²) in [4.78, 5) is 27.7. The number of hydrogen-bond acceptors (Lipinski definition) is 7. The molecular weight excluding hydrogens is 515 g/mol. The van der Waals surface area contributed by atoms with Gasteiger partial charge in [-0.25, -0.2) is 14.4 Å². The molecule has 0 spiro atoms. The Labute approximate surface area is 230 Å². The maximum atomic E-state index is 14.8. The Morgan fingerprint density at radius 1 is 1.05 bits per heavy atom. The highest BCUT2D eigenvalue weighted by atomic mass is 32.2. The standard InChI is InChI=1S/C29H33FN6O2S/c1-5-36-26-16-28(33-27-9-6-21(18-32-27)35(3)20-10-12-34(2)13-11-20)31-17-19(26)14-24(29(36)37)23-15-22(39(4)38)7-8-25(23)30/h6-9,14-18,20H,5,10-13H2,1-4H3,(H,31,32,33). The number of fused-ring (bicyclic) bond motifs is 1. The number of aromatic nitrogens is 3. The van der Waals surface area contributed by atoms with Crippen LogP contribution in [0.4, 0.5) is 21.7 Å². The molecule has 0 aliphatic carbocycles. The summed E-state index contributed by atoms with van der Waals surface area (Å²) >= 11 is 0. The van der Waals surface area contributed by atoms with Gasteiger partial charge in [0.1, 0.15) is 17.5 Å². The molecule has 0 amide bonds. The van der Waals surface area contributed by atoms with Crippen molar-refractivity contribution in [2.75, 3.05) is 43.7 Å². The summed E-state index contributed by atoms with van der Waals surface area (Å²) in [5.41, 5.74) is 1.77. The second-order valence-electron chi connectivity index (χ2n) is 10.0. The van der Waals surface area contributed by atoms with Gasteiger partial charge in [0.2, 0.25) is 0 Å². The van der Waals surface area contributed by atoms with Gasteiger partial charge in [0.15, 0.2) is 0 Å². The minimum atomic E-state index is -1.30. The molecule has 1 aliphatic rings. The summed E-state index contributed by atoms with van der Waals surface area (Å²) in [7, 11) is 2.98. The van der Waals surface area contributed by atoms with Gasteiger partial charge in [-0.05, 0) is 76.3 Å². The van der Waals surface area contributed by atoms with Crippen LogP contribution >= 0.6 is 0 Å². The van der Waals surface area contributed by atoms with E-state index in [2.05, 4.69) is 45.2 Å². The zero-order valence-electron chi connectivity index (χ0n) is 22.6. The third-order valence-corrected chi connectivity index (χ3v) is 8.42. The molecule has 204 valence electrons. The summed E-state index contributed by atoms with van der Waals surface area (Å²) in [5, 5.41) is 3.93. The number of piperidine rings is 1. The molecule has 1 unspecified atom stereocenters. The fourth-order valence-electron chi connectivity index (χ4n) is 5.13. The molecule has 4 heterocycles. The zero-order chi connectivity index (χ0) is 27.7. The Morgan fingerprint density at radius 3 is 2.46 bits per heavy atom. The molecule has 3 aromatic heterocycles. The van der Waals surface area contributed by atoms with Crippen LogP contribution < -0.4 is 15.8 Å². The molecule has 5 rings (SSSR count). The van der Waals surface area contributed by atoms with Gasteiger partial charge in [-0.3, -0.25) is 9.00 Å². The van der Waals surface area contributed by atoms with Gasteiger partial charge in [0.25, 0.3) is 5.56 Å². The van der Waals surface area contributed by atoms with E-state index in [1.807, 2.05) is 19.2 Å². The number of hydrogen-bond donors (Lipinski definition) is 1. The van der Waals surface area contributed by atoms with Crippen molar-refractivity contribution in [3.8, 4) is 11.1 Å². The Kier molecular flexibility index (Phi) is 7.76. The highest BCUT2D eigenvalue weighted by Gasteiger charge is 2.21. The predicted molar refractivity (Wildman–Crippen MR) is 156 cm³/mol. The third-order valence-electron chi connectivity index (χ3n) is 7.50. The molecule has 4 aromatic rings. The van der Waals surface area contributed by atoms with Gasteiger partial charge in [0.05, 0.1) is 23.0 Å². The van der Waals surface area contributed by atoms with Crippen LogP contribution in [-0.4, -0.2) is 63.1 Å². The van der Waals surface area contributed by atoms with E-state index < -0.39 is 16.6 Å². The topological polar surface area (TPSA) is 83.4 Å². The minimum absolute atomic E-state index is 0.133. The molecular formula is C29H33FN6O2S. The van der Waals surface area contributed by atoms with Crippen molar-refractivity contribution in [3.05, 3.63) is 71.0 Å². The Morgan fingerprint density at radius 2 is 1.79 bits per heavy atom. The fourth-order valence-corrected chi connectivity index (χ4v) is 5.67. The normalized spacial score (nSPS) is 15.4. The monoisotopic (exact) mass is 548 g/mol. The van der Waals surface area contributed by atoms with Crippen LogP contribution in [0, 0.1) is 5.82 Å². The first kappa shape index (κ1) is 27.0. The lowest BCUT2D eigenvalue weighted by Crippen LogP contribution is -2.42. The molecule has 39 heavy (non-hydrogen) atoms. The Balaban J connectivity index is 1.42. The second kappa shape index (κ2) is 11.2. The summed E-state index contributed by atoms with van der Waals surface area (Å²) in [6.07, 6.45) is 7.31. The number of benzene rings is 1. The van der Waals surface area contributed by atoms with E-state index in [1.165, 1.54) is 24.5 Å². The SMILES string of the molecule is CCn1c(=O)c(-c2cc(S(C)=O)ccc2F)cc2cnc(Nc3ccc(N(C)C4CCN(C)CC4)cn3)cc21. The van der Waals surface area contributed by atoms with Crippen LogP contribution in [0.1, 0.15) is 19.8 Å². The first-order valence-corrected chi connectivity index (χ1v) is 14.6. The van der Waals surface area contributed by atoms with E-state index in [9.17, 15) is 13.4 Å². The summed E-state index contributed by atoms with van der Waals surface area (Å²) < 4.78 is 28.3. The molecule has 1 fully saturated rings. The molecule has 1 aliphatic heterocycles. The predicted octanol–water partition coefficient (Wildman–Crippen LogP) is 4.63. The summed E-state index contributed by atoms with van der Waals surface area (Å²) in [6, 6.07) is 12.1. The van der Waals surface area contributed by atoms with E-state index >= 15 is 0 Å². The lowest BCUT2D eigenvalue weighted by atomic mass is 10.0. The Bertz CT molecular complexity index is 1580. The molecule has 10 heteroatoms. The van der Waals surface area contributed by atoms with E-state index in [0.717, 1.165) is 31.6 Å². The number of aryl methyl sites for hydroxylation is 1. The van der Waals surface area contributed by atoms with Crippen molar-refractivity contribution in [2.45, 2.75) is 37.2 Å². The molecule has 8 nitrogen and oxygen atoms in total. The Hall–Kier alpha value is -3.63. The van der Waals surface area contributed by atoms with Crippen LogP contribution in [0.15, 0.2) is 64.5 Å². The minimum Gasteiger partial charge on any atom is -0.370 e. The van der Waals surface area contributed by atoms with Crippen LogP contribution in [-0.2, 0) is 17.3 Å². The first-order chi connectivity index (χ1) is 18.7. The van der Waals surface area contributed by atoms with E-state index in [1.54, 1.807) is 22.9 Å². The molecule has 1 N–H and O–H groups in total. The van der Waals surface area contributed by atoms with Crippen molar-refractivity contribution >= 4 is 39.0 Å². The fraction of sp³-hybridized carbons (Fsp3) is 0.345. The number of rotatable bonds is 7. The van der Waals surface area contributed by atoms with Crippen molar-refractivity contribution in [1.82, 2.24) is 19.4 Å². The van der Waals surface area contributed by atoms with Crippen LogP contribution in [0.2, 0.25) is 0 Å². The number of nitrogens with one attached hydrogen (secondary N) is 1. The molecule has 1 atom stereocenters.